The molecule has 26 heavy (non-hydrogen) atoms. The number of nitrogens with zero attached hydrogens (tertiary/aromatic N) is 3. The van der Waals surface area contributed by atoms with E-state index < -0.39 is 0 Å². The van der Waals surface area contributed by atoms with Gasteiger partial charge in [0, 0.05) is 23.0 Å². The predicted octanol–water partition coefficient (Wildman–Crippen LogP) is 2.71. The lowest BCUT2D eigenvalue weighted by molar-refractivity contribution is 0.101. The van der Waals surface area contributed by atoms with E-state index in [-0.39, 0.29) is 11.5 Å². The highest BCUT2D eigenvalue weighted by Gasteiger charge is 2.10. The molecule has 1 amide bonds. The van der Waals surface area contributed by atoms with Crippen molar-refractivity contribution in [3.63, 3.8) is 0 Å². The summed E-state index contributed by atoms with van der Waals surface area (Å²) >= 11 is 0. The SMILES string of the molecule is Cc1cc(C)n(NC(=O)c2cccc(Cn3nc(C)cc3C)c2)c(=O)c1. The molecule has 134 valence electrons. The molecular weight excluding hydrogens is 328 g/mol. The number of carbonyl (C=O) groups is 1. The molecule has 0 spiro atoms. The molecule has 0 atom stereocenters. The van der Waals surface area contributed by atoms with Crippen LogP contribution in [0.5, 0.6) is 0 Å². The number of rotatable bonds is 4. The van der Waals surface area contributed by atoms with Gasteiger partial charge in [-0.05, 0) is 63.1 Å². The lowest BCUT2D eigenvalue weighted by atomic mass is 10.1. The van der Waals surface area contributed by atoms with Crippen LogP contribution in [0, 0.1) is 27.7 Å². The van der Waals surface area contributed by atoms with Crippen LogP contribution in [0.3, 0.4) is 0 Å². The van der Waals surface area contributed by atoms with Crippen LogP contribution in [0.15, 0.2) is 47.3 Å². The molecule has 6 heteroatoms. The van der Waals surface area contributed by atoms with E-state index in [2.05, 4.69) is 10.5 Å². The largest absolute Gasteiger partial charge is 0.270 e. The molecule has 0 fully saturated rings. The minimum absolute atomic E-state index is 0.255. The quantitative estimate of drug-likeness (QED) is 0.787. The molecular formula is C20H22N4O2. The third-order valence-corrected chi connectivity index (χ3v) is 4.20. The Morgan fingerprint density at radius 1 is 1.04 bits per heavy atom. The maximum absolute atomic E-state index is 12.6. The summed E-state index contributed by atoms with van der Waals surface area (Å²) in [5.74, 6) is -0.325. The Bertz CT molecular complexity index is 1030. The first-order chi connectivity index (χ1) is 12.3. The third-order valence-electron chi connectivity index (χ3n) is 4.20. The number of benzene rings is 1. The van der Waals surface area contributed by atoms with Crippen LogP contribution in [0.1, 0.15) is 38.6 Å². The third kappa shape index (κ3) is 3.74. The van der Waals surface area contributed by atoms with Gasteiger partial charge in [0.1, 0.15) is 0 Å². The summed E-state index contributed by atoms with van der Waals surface area (Å²) in [6.07, 6.45) is 0. The molecule has 0 aliphatic carbocycles. The number of carbonyl (C=O) groups excluding carboxylic acids is 1. The fraction of sp³-hybridized carbons (Fsp3) is 0.250. The minimum Gasteiger partial charge on any atom is -0.267 e. The van der Waals surface area contributed by atoms with Crippen molar-refractivity contribution in [2.24, 2.45) is 0 Å². The van der Waals surface area contributed by atoms with Gasteiger partial charge in [0.25, 0.3) is 11.5 Å². The molecule has 0 unspecified atom stereocenters. The predicted molar refractivity (Wildman–Crippen MR) is 101 cm³/mol. The number of hydrogen-bond acceptors (Lipinski definition) is 3. The first kappa shape index (κ1) is 17.7. The topological polar surface area (TPSA) is 68.9 Å². The Morgan fingerprint density at radius 3 is 2.46 bits per heavy atom. The van der Waals surface area contributed by atoms with E-state index in [0.717, 1.165) is 22.5 Å². The molecule has 3 rings (SSSR count). The van der Waals surface area contributed by atoms with E-state index in [1.165, 1.54) is 10.7 Å². The lowest BCUT2D eigenvalue weighted by Gasteiger charge is -2.12. The second-order valence-electron chi connectivity index (χ2n) is 6.57. The van der Waals surface area contributed by atoms with E-state index in [4.69, 9.17) is 0 Å². The van der Waals surface area contributed by atoms with E-state index >= 15 is 0 Å². The van der Waals surface area contributed by atoms with Crippen LogP contribution in [0.2, 0.25) is 0 Å². The number of hydrogen-bond donors (Lipinski definition) is 1. The van der Waals surface area contributed by atoms with Gasteiger partial charge in [-0.15, -0.1) is 0 Å². The van der Waals surface area contributed by atoms with E-state index in [1.54, 1.807) is 13.0 Å². The highest BCUT2D eigenvalue weighted by Crippen LogP contribution is 2.10. The van der Waals surface area contributed by atoms with Crippen molar-refractivity contribution >= 4 is 5.91 Å². The summed E-state index contributed by atoms with van der Waals surface area (Å²) < 4.78 is 3.17. The zero-order chi connectivity index (χ0) is 18.8. The van der Waals surface area contributed by atoms with Crippen molar-refractivity contribution in [3.05, 3.63) is 86.6 Å². The molecule has 0 bridgehead atoms. The number of pyridine rings is 1. The molecule has 0 aliphatic heterocycles. The lowest BCUT2D eigenvalue weighted by Crippen LogP contribution is -2.34. The Balaban J connectivity index is 1.83. The summed E-state index contributed by atoms with van der Waals surface area (Å²) in [6, 6.07) is 12.7. The monoisotopic (exact) mass is 350 g/mol. The summed E-state index contributed by atoms with van der Waals surface area (Å²) in [4.78, 5) is 24.7. The molecule has 0 aliphatic rings. The smallest absolute Gasteiger partial charge is 0.267 e. The molecule has 2 heterocycles. The van der Waals surface area contributed by atoms with Crippen LogP contribution in [0.4, 0.5) is 0 Å². The van der Waals surface area contributed by atoms with E-state index in [0.29, 0.717) is 17.8 Å². The fourth-order valence-electron chi connectivity index (χ4n) is 3.00. The van der Waals surface area contributed by atoms with Crippen LogP contribution in [-0.2, 0) is 6.54 Å². The van der Waals surface area contributed by atoms with E-state index in [9.17, 15) is 9.59 Å². The number of aryl methyl sites for hydroxylation is 4. The highest BCUT2D eigenvalue weighted by atomic mass is 16.2. The van der Waals surface area contributed by atoms with Crippen molar-refractivity contribution in [1.29, 1.82) is 0 Å². The van der Waals surface area contributed by atoms with Gasteiger partial charge in [-0.3, -0.25) is 19.7 Å². The Morgan fingerprint density at radius 2 is 1.81 bits per heavy atom. The average Bonchev–Trinajstić information content (AvgIpc) is 2.88. The maximum Gasteiger partial charge on any atom is 0.270 e. The second-order valence-corrected chi connectivity index (χ2v) is 6.57. The molecule has 2 aromatic heterocycles. The number of amides is 1. The molecule has 0 saturated carbocycles. The highest BCUT2D eigenvalue weighted by molar-refractivity contribution is 6.00. The van der Waals surface area contributed by atoms with Gasteiger partial charge in [-0.25, -0.2) is 4.68 Å². The maximum atomic E-state index is 12.6. The van der Waals surface area contributed by atoms with E-state index in [1.807, 2.05) is 55.8 Å². The normalized spacial score (nSPS) is 10.8. The Hall–Kier alpha value is -3.15. The van der Waals surface area contributed by atoms with Gasteiger partial charge >= 0.3 is 0 Å². The van der Waals surface area contributed by atoms with Crippen LogP contribution in [-0.4, -0.2) is 20.4 Å². The molecule has 3 aromatic rings. The van der Waals surface area contributed by atoms with Gasteiger partial charge in [-0.2, -0.15) is 5.10 Å². The number of aromatic nitrogens is 3. The first-order valence-corrected chi connectivity index (χ1v) is 8.45. The standard InChI is InChI=1S/C20H22N4O2/c1-13-8-16(4)24(19(25)9-13)22-20(26)18-7-5-6-17(11-18)12-23-15(3)10-14(2)21-23/h5-11H,12H2,1-4H3,(H,22,26). The summed E-state index contributed by atoms with van der Waals surface area (Å²) in [5.41, 5.74) is 7.46. The molecule has 1 aromatic carbocycles. The average molecular weight is 350 g/mol. The molecule has 6 nitrogen and oxygen atoms in total. The van der Waals surface area contributed by atoms with Crippen LogP contribution < -0.4 is 11.0 Å². The molecule has 0 radical (unpaired) electrons. The van der Waals surface area contributed by atoms with Gasteiger partial charge in [-0.1, -0.05) is 12.1 Å². The first-order valence-electron chi connectivity index (χ1n) is 8.45. The number of nitrogens with one attached hydrogen (secondary N) is 1. The van der Waals surface area contributed by atoms with Crippen molar-refractivity contribution in [1.82, 2.24) is 14.5 Å². The van der Waals surface area contributed by atoms with Gasteiger partial charge in [0.05, 0.1) is 12.2 Å². The van der Waals surface area contributed by atoms with Crippen molar-refractivity contribution in [2.75, 3.05) is 5.43 Å². The summed E-state index contributed by atoms with van der Waals surface area (Å²) in [5, 5.41) is 4.45. The van der Waals surface area contributed by atoms with Gasteiger partial charge in [0.2, 0.25) is 0 Å². The van der Waals surface area contributed by atoms with Gasteiger partial charge in [0.15, 0.2) is 0 Å². The zero-order valence-corrected chi connectivity index (χ0v) is 15.4. The molecule has 1 N–H and O–H groups in total. The Kier molecular flexibility index (Phi) is 4.75. The van der Waals surface area contributed by atoms with Crippen molar-refractivity contribution < 1.29 is 4.79 Å². The van der Waals surface area contributed by atoms with Crippen molar-refractivity contribution in [2.45, 2.75) is 34.2 Å². The molecule has 0 saturated heterocycles. The van der Waals surface area contributed by atoms with Crippen LogP contribution >= 0.6 is 0 Å². The minimum atomic E-state index is -0.325. The summed E-state index contributed by atoms with van der Waals surface area (Å²) in [7, 11) is 0. The second kappa shape index (κ2) is 7.00. The summed E-state index contributed by atoms with van der Waals surface area (Å²) in [6.45, 7) is 8.18. The fourth-order valence-corrected chi connectivity index (χ4v) is 3.00. The zero-order valence-electron chi connectivity index (χ0n) is 15.4. The van der Waals surface area contributed by atoms with Gasteiger partial charge < -0.3 is 0 Å². The van der Waals surface area contributed by atoms with Crippen molar-refractivity contribution in [3.8, 4) is 0 Å². The Labute approximate surface area is 152 Å². The van der Waals surface area contributed by atoms with Crippen LogP contribution in [0.25, 0.3) is 0 Å².